The number of aromatic nitrogens is 5. The predicted octanol–water partition coefficient (Wildman–Crippen LogP) is 4.45. The molecule has 0 unspecified atom stereocenters. The maximum atomic E-state index is 13.3. The Morgan fingerprint density at radius 1 is 1.02 bits per heavy atom. The summed E-state index contributed by atoms with van der Waals surface area (Å²) in [5.41, 5.74) is 0.350. The topological polar surface area (TPSA) is 164 Å². The Balaban J connectivity index is 1.67. The van der Waals surface area contributed by atoms with E-state index in [4.69, 9.17) is 16.3 Å². The average molecular weight is 699 g/mol. The van der Waals surface area contributed by atoms with Crippen LogP contribution in [0.15, 0.2) is 71.9 Å². The molecule has 5 rings (SSSR count). The van der Waals surface area contributed by atoms with Gasteiger partial charge in [-0.05, 0) is 48.5 Å². The molecule has 0 saturated carbocycles. The van der Waals surface area contributed by atoms with Gasteiger partial charge in [0.25, 0.3) is 0 Å². The van der Waals surface area contributed by atoms with Gasteiger partial charge in [-0.3, -0.25) is 9.67 Å². The van der Waals surface area contributed by atoms with E-state index in [0.717, 1.165) is 12.5 Å². The molecule has 0 spiro atoms. The third-order valence-corrected chi connectivity index (χ3v) is 8.56. The van der Waals surface area contributed by atoms with Gasteiger partial charge in [-0.2, -0.15) is 18.3 Å². The first kappa shape index (κ1) is 32.7. The van der Waals surface area contributed by atoms with Crippen LogP contribution in [0.1, 0.15) is 0 Å². The number of alkyl halides is 3. The fraction of sp³-hybridized carbons (Fsp3) is 0.185. The van der Waals surface area contributed by atoms with Crippen LogP contribution in [-0.4, -0.2) is 72.0 Å². The number of rotatable bonds is 10. The number of aryl methyl sites for hydroxylation is 1. The van der Waals surface area contributed by atoms with Crippen molar-refractivity contribution in [2.24, 2.45) is 0 Å². The molecule has 0 fully saturated rings. The second-order valence-electron chi connectivity index (χ2n) is 9.87. The first-order valence-corrected chi connectivity index (χ1v) is 17.2. The highest BCUT2D eigenvalue weighted by Crippen LogP contribution is 2.40. The number of pyridine rings is 1. The summed E-state index contributed by atoms with van der Waals surface area (Å²) in [4.78, 5) is 21.1. The Labute approximate surface area is 264 Å². The summed E-state index contributed by atoms with van der Waals surface area (Å²) in [6.07, 6.45) is -0.351. The Morgan fingerprint density at radius 2 is 1.74 bits per heavy atom. The number of halogens is 4. The minimum atomic E-state index is -5.38. The van der Waals surface area contributed by atoms with Crippen LogP contribution >= 0.6 is 11.6 Å². The van der Waals surface area contributed by atoms with E-state index in [1.54, 1.807) is 12.1 Å². The van der Waals surface area contributed by atoms with E-state index in [2.05, 4.69) is 25.3 Å². The second-order valence-corrected chi connectivity index (χ2v) is 14.5. The summed E-state index contributed by atoms with van der Waals surface area (Å²) >= 11 is 6.39. The van der Waals surface area contributed by atoms with Crippen LogP contribution in [0.3, 0.4) is 0 Å². The van der Waals surface area contributed by atoms with Gasteiger partial charge in [-0.15, -0.1) is 5.10 Å². The molecule has 0 radical (unpaired) electrons. The zero-order valence-electron chi connectivity index (χ0n) is 23.7. The summed E-state index contributed by atoms with van der Waals surface area (Å²) in [6, 6.07) is 12.7. The van der Waals surface area contributed by atoms with E-state index in [-0.39, 0.29) is 61.9 Å². The number of benzene rings is 2. The Hall–Kier alpha value is -4.68. The predicted molar refractivity (Wildman–Crippen MR) is 160 cm³/mol. The van der Waals surface area contributed by atoms with Crippen LogP contribution in [0.2, 0.25) is 5.02 Å². The lowest BCUT2D eigenvalue weighted by atomic mass is 10.1. The molecule has 0 bridgehead atoms. The van der Waals surface area contributed by atoms with Gasteiger partial charge in [-0.1, -0.05) is 16.4 Å². The molecule has 0 atom stereocenters. The van der Waals surface area contributed by atoms with Crippen molar-refractivity contribution in [3.63, 3.8) is 0 Å². The minimum absolute atomic E-state index is 0.00868. The molecule has 5 aromatic rings. The Kier molecular flexibility index (Phi) is 8.71. The Bertz CT molecular complexity index is 2170. The van der Waals surface area contributed by atoms with Crippen molar-refractivity contribution in [3.8, 4) is 22.8 Å². The van der Waals surface area contributed by atoms with Gasteiger partial charge in [0, 0.05) is 36.5 Å². The highest BCUT2D eigenvalue weighted by Gasteiger charge is 2.42. The number of ether oxygens (including phenoxy) is 1. The van der Waals surface area contributed by atoms with E-state index in [0.29, 0.717) is 10.4 Å². The smallest absolute Gasteiger partial charge is 0.455 e. The first-order valence-electron chi connectivity index (χ1n) is 12.9. The highest BCUT2D eigenvalue weighted by atomic mass is 35.5. The van der Waals surface area contributed by atoms with E-state index >= 15 is 0 Å². The lowest BCUT2D eigenvalue weighted by Crippen LogP contribution is -2.33. The van der Waals surface area contributed by atoms with Crippen LogP contribution in [0.25, 0.3) is 22.2 Å². The van der Waals surface area contributed by atoms with Crippen molar-refractivity contribution in [2.75, 3.05) is 23.6 Å². The summed E-state index contributed by atoms with van der Waals surface area (Å²) in [5.74, 6) is -2.87. The zero-order valence-corrected chi connectivity index (χ0v) is 26.1. The fourth-order valence-electron chi connectivity index (χ4n) is 4.10. The molecule has 0 amide bonds. The molecule has 13 nitrogen and oxygen atoms in total. The molecule has 2 aromatic carbocycles. The summed E-state index contributed by atoms with van der Waals surface area (Å²) < 4.78 is 94.1. The lowest BCUT2D eigenvalue weighted by Gasteiger charge is -2.13. The third kappa shape index (κ3) is 7.57. The monoisotopic (exact) mass is 698 g/mol. The molecule has 1 N–H and O–H groups in total. The number of hydrogen-bond acceptors (Lipinski definition) is 11. The standard InChI is InChI=1S/C27H22ClF3N6O7S2/c1-45(39,40)13-12-36-11-9-22(34-36)33-25-19-14-16(23-20(28)4-3-10-32-23)15-21(24(19)37(35-25)44-26(38)27(29,30)31)43-17-5-7-18(8-6-17)46(2,41)42/h3-11,14-15H,12-13H2,1-2H3,(H,33,34,35). The average Bonchev–Trinajstić information content (AvgIpc) is 3.55. The van der Waals surface area contributed by atoms with Crippen molar-refractivity contribution in [2.45, 2.75) is 17.6 Å². The second kappa shape index (κ2) is 12.3. The summed E-state index contributed by atoms with van der Waals surface area (Å²) in [6.45, 7) is 0.0251. The molecule has 3 aromatic heterocycles. The number of nitrogens with zero attached hydrogens (tertiary/aromatic N) is 5. The number of sulfone groups is 2. The van der Waals surface area contributed by atoms with Gasteiger partial charge < -0.3 is 14.9 Å². The number of hydrogen-bond donors (Lipinski definition) is 1. The highest BCUT2D eigenvalue weighted by molar-refractivity contribution is 7.91. The molecule has 46 heavy (non-hydrogen) atoms. The fourth-order valence-corrected chi connectivity index (χ4v) is 5.48. The van der Waals surface area contributed by atoms with E-state index in [9.17, 15) is 34.8 Å². The molecule has 0 aliphatic heterocycles. The first-order chi connectivity index (χ1) is 21.5. The number of anilines is 2. The van der Waals surface area contributed by atoms with E-state index in [1.807, 2.05) is 0 Å². The van der Waals surface area contributed by atoms with Crippen LogP contribution in [0.4, 0.5) is 24.8 Å². The van der Waals surface area contributed by atoms with Gasteiger partial charge >= 0.3 is 12.1 Å². The van der Waals surface area contributed by atoms with Crippen molar-refractivity contribution in [1.29, 1.82) is 0 Å². The van der Waals surface area contributed by atoms with Crippen LogP contribution < -0.4 is 14.9 Å². The van der Waals surface area contributed by atoms with Crippen molar-refractivity contribution >= 4 is 59.8 Å². The summed E-state index contributed by atoms with van der Waals surface area (Å²) in [5, 5.41) is 11.4. The van der Waals surface area contributed by atoms with Gasteiger partial charge in [0.2, 0.25) is 0 Å². The van der Waals surface area contributed by atoms with Crippen molar-refractivity contribution < 1.29 is 44.4 Å². The largest absolute Gasteiger partial charge is 0.493 e. The quantitative estimate of drug-likeness (QED) is 0.219. The lowest BCUT2D eigenvalue weighted by molar-refractivity contribution is -0.200. The molecule has 3 heterocycles. The molecule has 0 aliphatic carbocycles. The maximum absolute atomic E-state index is 13.3. The minimum Gasteiger partial charge on any atom is -0.455 e. The molecular weight excluding hydrogens is 677 g/mol. The number of nitrogens with one attached hydrogen (secondary N) is 1. The van der Waals surface area contributed by atoms with Gasteiger partial charge in [-0.25, -0.2) is 21.6 Å². The molecule has 0 aliphatic rings. The van der Waals surface area contributed by atoms with Gasteiger partial charge in [0.15, 0.2) is 32.7 Å². The van der Waals surface area contributed by atoms with Crippen molar-refractivity contribution in [1.82, 2.24) is 24.7 Å². The number of carbonyl (C=O) groups is 1. The Morgan fingerprint density at radius 3 is 2.37 bits per heavy atom. The summed E-state index contributed by atoms with van der Waals surface area (Å²) in [7, 11) is -6.84. The molecule has 19 heteroatoms. The number of fused-ring (bicyclic) bond motifs is 1. The normalized spacial score (nSPS) is 12.3. The van der Waals surface area contributed by atoms with Gasteiger partial charge in [0.05, 0.1) is 33.3 Å². The maximum Gasteiger partial charge on any atom is 0.493 e. The molecule has 0 saturated heterocycles. The van der Waals surface area contributed by atoms with E-state index in [1.165, 1.54) is 59.5 Å². The van der Waals surface area contributed by atoms with Crippen LogP contribution in [0.5, 0.6) is 11.5 Å². The number of carbonyl (C=O) groups excluding carboxylic acids is 1. The third-order valence-electron chi connectivity index (χ3n) is 6.20. The van der Waals surface area contributed by atoms with Crippen molar-refractivity contribution in [3.05, 3.63) is 72.0 Å². The van der Waals surface area contributed by atoms with E-state index < -0.39 is 31.8 Å². The molecular formula is C27H22ClF3N6O7S2. The molecule has 242 valence electrons. The van der Waals surface area contributed by atoms with Crippen LogP contribution in [0, 0.1) is 0 Å². The van der Waals surface area contributed by atoms with Crippen LogP contribution in [-0.2, 0) is 31.0 Å². The zero-order chi connectivity index (χ0) is 33.4. The van der Waals surface area contributed by atoms with Gasteiger partial charge in [0.1, 0.15) is 15.6 Å². The SMILES string of the molecule is CS(=O)(=O)CCn1ccc(Nc2nn(OC(=O)C(F)(F)F)c3c(Oc4ccc(S(C)(=O)=O)cc4)cc(-c4ncccc4Cl)cc23)n1.